The van der Waals surface area contributed by atoms with E-state index in [9.17, 15) is 0 Å². The second-order valence-electron chi connectivity index (χ2n) is 1.68. The molecule has 0 radical (unpaired) electrons. The summed E-state index contributed by atoms with van der Waals surface area (Å²) in [5.41, 5.74) is 0. The minimum absolute atomic E-state index is 0.983. The SMILES string of the molecule is CCC=NN(C)CC. The molecule has 0 unspecified atom stereocenters. The Morgan fingerprint density at radius 2 is 2.12 bits per heavy atom. The van der Waals surface area contributed by atoms with E-state index in [-0.39, 0.29) is 0 Å². The second-order valence-corrected chi connectivity index (χ2v) is 1.68. The van der Waals surface area contributed by atoms with Crippen LogP contribution in [0.3, 0.4) is 0 Å². The molecule has 0 aromatic heterocycles. The van der Waals surface area contributed by atoms with E-state index in [1.165, 1.54) is 0 Å². The minimum atomic E-state index is 0.983. The molecule has 0 aromatic rings. The van der Waals surface area contributed by atoms with Crippen LogP contribution in [0.15, 0.2) is 5.10 Å². The Morgan fingerprint density at radius 1 is 1.50 bits per heavy atom. The van der Waals surface area contributed by atoms with Crippen molar-refractivity contribution in [1.82, 2.24) is 5.01 Å². The van der Waals surface area contributed by atoms with Crippen LogP contribution < -0.4 is 0 Å². The third-order valence-electron chi connectivity index (χ3n) is 0.919. The van der Waals surface area contributed by atoms with Crippen LogP contribution >= 0.6 is 0 Å². The minimum Gasteiger partial charge on any atom is -0.301 e. The summed E-state index contributed by atoms with van der Waals surface area (Å²) in [5, 5.41) is 5.98. The lowest BCUT2D eigenvalue weighted by atomic mass is 10.5. The normalized spacial score (nSPS) is 10.4. The van der Waals surface area contributed by atoms with Gasteiger partial charge in [-0.05, 0) is 13.3 Å². The zero-order valence-electron chi connectivity index (χ0n) is 5.89. The molecule has 0 rings (SSSR count). The number of rotatable bonds is 3. The summed E-state index contributed by atoms with van der Waals surface area (Å²) < 4.78 is 0. The standard InChI is InChI=1S/C6H14N2/c1-4-6-7-8(3)5-2/h6H,4-5H2,1-3H3. The van der Waals surface area contributed by atoms with Crippen molar-refractivity contribution < 1.29 is 0 Å². The lowest BCUT2D eigenvalue weighted by Gasteiger charge is -2.06. The zero-order chi connectivity index (χ0) is 6.41. The molecule has 0 saturated carbocycles. The van der Waals surface area contributed by atoms with E-state index in [0.717, 1.165) is 13.0 Å². The molecule has 0 atom stereocenters. The molecule has 8 heavy (non-hydrogen) atoms. The first-order valence-electron chi connectivity index (χ1n) is 3.04. The van der Waals surface area contributed by atoms with Crippen LogP contribution in [0.5, 0.6) is 0 Å². The van der Waals surface area contributed by atoms with Crippen molar-refractivity contribution in [3.05, 3.63) is 0 Å². The first-order valence-corrected chi connectivity index (χ1v) is 3.04. The second kappa shape index (κ2) is 4.62. The van der Waals surface area contributed by atoms with Crippen molar-refractivity contribution in [2.45, 2.75) is 20.3 Å². The van der Waals surface area contributed by atoms with Gasteiger partial charge in [0.15, 0.2) is 0 Å². The summed E-state index contributed by atoms with van der Waals surface area (Å²) in [6.45, 7) is 5.14. The fourth-order valence-corrected chi connectivity index (χ4v) is 0.303. The zero-order valence-corrected chi connectivity index (χ0v) is 5.89. The average Bonchev–Trinajstić information content (AvgIpc) is 1.83. The van der Waals surface area contributed by atoms with Gasteiger partial charge in [0, 0.05) is 19.8 Å². The molecule has 0 aromatic carbocycles. The molecular weight excluding hydrogens is 100 g/mol. The summed E-state index contributed by atoms with van der Waals surface area (Å²) in [7, 11) is 1.96. The van der Waals surface area contributed by atoms with Gasteiger partial charge >= 0.3 is 0 Å². The molecule has 0 bridgehead atoms. The molecule has 0 aliphatic carbocycles. The maximum atomic E-state index is 4.07. The summed E-state index contributed by atoms with van der Waals surface area (Å²) in [4.78, 5) is 0. The molecule has 0 saturated heterocycles. The summed E-state index contributed by atoms with van der Waals surface area (Å²) in [5.74, 6) is 0. The Kier molecular flexibility index (Phi) is 4.32. The highest BCUT2D eigenvalue weighted by Crippen LogP contribution is 1.79. The Morgan fingerprint density at radius 3 is 2.50 bits per heavy atom. The Hall–Kier alpha value is -0.530. The molecule has 0 aliphatic heterocycles. The Balaban J connectivity index is 3.21. The molecule has 2 nitrogen and oxygen atoms in total. The first-order chi connectivity index (χ1) is 3.81. The fourth-order valence-electron chi connectivity index (χ4n) is 0.303. The van der Waals surface area contributed by atoms with Crippen molar-refractivity contribution in [1.29, 1.82) is 0 Å². The van der Waals surface area contributed by atoms with Crippen molar-refractivity contribution in [2.24, 2.45) is 5.10 Å². The first kappa shape index (κ1) is 7.47. The van der Waals surface area contributed by atoms with Gasteiger partial charge in [0.25, 0.3) is 0 Å². The smallest absolute Gasteiger partial charge is 0.0328 e. The predicted octanol–water partition coefficient (Wildman–Crippen LogP) is 1.33. The predicted molar refractivity (Wildman–Crippen MR) is 37.1 cm³/mol. The Bertz CT molecular complexity index is 68.9. The highest BCUT2D eigenvalue weighted by atomic mass is 15.4. The van der Waals surface area contributed by atoms with E-state index in [1.807, 2.05) is 18.3 Å². The van der Waals surface area contributed by atoms with Gasteiger partial charge in [-0.2, -0.15) is 5.10 Å². The van der Waals surface area contributed by atoms with Gasteiger partial charge in [-0.1, -0.05) is 6.92 Å². The maximum absolute atomic E-state index is 4.07. The van der Waals surface area contributed by atoms with Crippen LogP contribution in [0.4, 0.5) is 0 Å². The largest absolute Gasteiger partial charge is 0.301 e. The van der Waals surface area contributed by atoms with E-state index in [4.69, 9.17) is 0 Å². The summed E-state index contributed by atoms with van der Waals surface area (Å²) >= 11 is 0. The summed E-state index contributed by atoms with van der Waals surface area (Å²) in [6, 6.07) is 0. The van der Waals surface area contributed by atoms with Gasteiger partial charge in [-0.3, -0.25) is 0 Å². The lowest BCUT2D eigenvalue weighted by Crippen LogP contribution is -2.08. The number of hydrazone groups is 1. The van der Waals surface area contributed by atoms with Gasteiger partial charge in [-0.15, -0.1) is 0 Å². The molecular formula is C6H14N2. The van der Waals surface area contributed by atoms with E-state index in [2.05, 4.69) is 18.9 Å². The topological polar surface area (TPSA) is 15.6 Å². The van der Waals surface area contributed by atoms with Crippen LogP contribution in [-0.2, 0) is 0 Å². The maximum Gasteiger partial charge on any atom is 0.0328 e. The van der Waals surface area contributed by atoms with Gasteiger partial charge in [0.1, 0.15) is 0 Å². The lowest BCUT2D eigenvalue weighted by molar-refractivity contribution is 0.376. The number of hydrogen-bond donors (Lipinski definition) is 0. The van der Waals surface area contributed by atoms with Gasteiger partial charge in [0.2, 0.25) is 0 Å². The molecule has 48 valence electrons. The molecule has 0 fully saturated rings. The highest BCUT2D eigenvalue weighted by molar-refractivity contribution is 5.55. The number of nitrogens with zero attached hydrogens (tertiary/aromatic N) is 2. The highest BCUT2D eigenvalue weighted by Gasteiger charge is 1.79. The summed E-state index contributed by atoms with van der Waals surface area (Å²) in [6.07, 6.45) is 2.92. The van der Waals surface area contributed by atoms with E-state index in [0.29, 0.717) is 0 Å². The molecule has 0 N–H and O–H groups in total. The molecule has 0 amide bonds. The van der Waals surface area contributed by atoms with Crippen molar-refractivity contribution >= 4 is 6.21 Å². The van der Waals surface area contributed by atoms with Crippen LogP contribution in [0, 0.1) is 0 Å². The van der Waals surface area contributed by atoms with Crippen LogP contribution in [0.25, 0.3) is 0 Å². The van der Waals surface area contributed by atoms with Crippen molar-refractivity contribution in [3.8, 4) is 0 Å². The third kappa shape index (κ3) is 3.65. The fraction of sp³-hybridized carbons (Fsp3) is 0.833. The Labute approximate surface area is 51.2 Å². The van der Waals surface area contributed by atoms with E-state index < -0.39 is 0 Å². The van der Waals surface area contributed by atoms with Crippen LogP contribution in [0.2, 0.25) is 0 Å². The van der Waals surface area contributed by atoms with Crippen LogP contribution in [-0.4, -0.2) is 24.8 Å². The van der Waals surface area contributed by atoms with Gasteiger partial charge in [-0.25, -0.2) is 0 Å². The monoisotopic (exact) mass is 114 g/mol. The third-order valence-corrected chi connectivity index (χ3v) is 0.919. The molecule has 2 heteroatoms. The number of hydrogen-bond acceptors (Lipinski definition) is 2. The molecule has 0 spiro atoms. The van der Waals surface area contributed by atoms with Gasteiger partial charge < -0.3 is 5.01 Å². The van der Waals surface area contributed by atoms with E-state index >= 15 is 0 Å². The van der Waals surface area contributed by atoms with Crippen LogP contribution in [0.1, 0.15) is 20.3 Å². The quantitative estimate of drug-likeness (QED) is 0.399. The van der Waals surface area contributed by atoms with Gasteiger partial charge in [0.05, 0.1) is 0 Å². The molecule has 0 heterocycles. The van der Waals surface area contributed by atoms with E-state index in [1.54, 1.807) is 0 Å². The molecule has 0 aliphatic rings. The average molecular weight is 114 g/mol. The van der Waals surface area contributed by atoms with Crippen molar-refractivity contribution in [3.63, 3.8) is 0 Å². The van der Waals surface area contributed by atoms with Crippen molar-refractivity contribution in [2.75, 3.05) is 13.6 Å².